The van der Waals surface area contributed by atoms with Gasteiger partial charge in [-0.15, -0.1) is 24.8 Å². The molecule has 0 amide bonds. The fourth-order valence-corrected chi connectivity index (χ4v) is 2.94. The number of nitrogens with zero attached hydrogens (tertiary/aromatic N) is 1. The van der Waals surface area contributed by atoms with Crippen LogP contribution in [0.25, 0.3) is 0 Å². The fourth-order valence-electron chi connectivity index (χ4n) is 2.94. The van der Waals surface area contributed by atoms with Crippen molar-refractivity contribution in [3.8, 4) is 0 Å². The van der Waals surface area contributed by atoms with Crippen LogP contribution >= 0.6 is 24.8 Å². The van der Waals surface area contributed by atoms with Crippen LogP contribution in [0.5, 0.6) is 0 Å². The summed E-state index contributed by atoms with van der Waals surface area (Å²) in [4.78, 5) is 2.53. The van der Waals surface area contributed by atoms with Gasteiger partial charge in [-0.2, -0.15) is 0 Å². The lowest BCUT2D eigenvalue weighted by atomic mass is 9.86. The molecule has 2 saturated heterocycles. The zero-order valence-corrected chi connectivity index (χ0v) is 11.5. The molecular weight excluding hydrogens is 255 g/mol. The predicted molar refractivity (Wildman–Crippen MR) is 77.7 cm³/mol. The van der Waals surface area contributed by atoms with Crippen molar-refractivity contribution in [1.29, 1.82) is 0 Å². The molecule has 3 rings (SSSR count). The molecule has 2 fully saturated rings. The minimum Gasteiger partial charge on any atom is -0.371 e. The molecule has 17 heavy (non-hydrogen) atoms. The van der Waals surface area contributed by atoms with E-state index in [0.717, 1.165) is 0 Å². The van der Waals surface area contributed by atoms with E-state index in [2.05, 4.69) is 40.5 Å². The molecule has 0 aromatic heterocycles. The van der Waals surface area contributed by atoms with Gasteiger partial charge in [0.15, 0.2) is 0 Å². The van der Waals surface area contributed by atoms with E-state index in [1.165, 1.54) is 44.7 Å². The molecule has 2 nitrogen and oxygen atoms in total. The first-order chi connectivity index (χ1) is 7.38. The van der Waals surface area contributed by atoms with Crippen LogP contribution in [0.15, 0.2) is 30.3 Å². The molecule has 96 valence electrons. The Bertz CT molecular complexity index is 337. The van der Waals surface area contributed by atoms with Crippen LogP contribution in [0.3, 0.4) is 0 Å². The zero-order chi connectivity index (χ0) is 10.1. The number of para-hydroxylation sites is 1. The zero-order valence-electron chi connectivity index (χ0n) is 9.89. The molecule has 1 atom stereocenters. The van der Waals surface area contributed by atoms with Crippen molar-refractivity contribution >= 4 is 30.5 Å². The molecule has 1 N–H and O–H groups in total. The first kappa shape index (κ1) is 14.6. The first-order valence-electron chi connectivity index (χ1n) is 5.89. The molecule has 0 saturated carbocycles. The van der Waals surface area contributed by atoms with E-state index in [-0.39, 0.29) is 24.8 Å². The Kier molecular flexibility index (Phi) is 5.11. The van der Waals surface area contributed by atoms with Gasteiger partial charge in [0.25, 0.3) is 0 Å². The molecule has 1 spiro atoms. The second-order valence-corrected chi connectivity index (χ2v) is 4.93. The first-order valence-corrected chi connectivity index (χ1v) is 5.89. The van der Waals surface area contributed by atoms with E-state index in [9.17, 15) is 0 Å². The molecule has 4 heteroatoms. The Labute approximate surface area is 116 Å². The van der Waals surface area contributed by atoms with Gasteiger partial charge in [0.05, 0.1) is 0 Å². The molecular formula is C13H20Cl2N2. The summed E-state index contributed by atoms with van der Waals surface area (Å²) in [5.74, 6) is 0. The summed E-state index contributed by atoms with van der Waals surface area (Å²) in [5.41, 5.74) is 1.97. The van der Waals surface area contributed by atoms with E-state index in [0.29, 0.717) is 5.41 Å². The summed E-state index contributed by atoms with van der Waals surface area (Å²) in [6.07, 6.45) is 2.71. The minimum absolute atomic E-state index is 0. The van der Waals surface area contributed by atoms with Crippen LogP contribution in [-0.2, 0) is 0 Å². The number of rotatable bonds is 1. The summed E-state index contributed by atoms with van der Waals surface area (Å²) in [6, 6.07) is 10.8. The van der Waals surface area contributed by atoms with Crippen molar-refractivity contribution in [1.82, 2.24) is 5.32 Å². The third-order valence-electron chi connectivity index (χ3n) is 3.89. The van der Waals surface area contributed by atoms with Crippen molar-refractivity contribution in [3.63, 3.8) is 0 Å². The lowest BCUT2D eigenvalue weighted by molar-refractivity contribution is 0.369. The molecule has 1 aromatic rings. The lowest BCUT2D eigenvalue weighted by Crippen LogP contribution is -2.28. The van der Waals surface area contributed by atoms with Crippen LogP contribution in [0.4, 0.5) is 5.69 Å². The lowest BCUT2D eigenvalue weighted by Gasteiger charge is -2.23. The van der Waals surface area contributed by atoms with Gasteiger partial charge in [0.2, 0.25) is 0 Å². The highest BCUT2D eigenvalue weighted by atomic mass is 35.5. The van der Waals surface area contributed by atoms with Gasteiger partial charge in [0, 0.05) is 30.7 Å². The Morgan fingerprint density at radius 3 is 2.47 bits per heavy atom. The molecule has 0 radical (unpaired) electrons. The number of benzene rings is 1. The smallest absolute Gasteiger partial charge is 0.0366 e. The Morgan fingerprint density at radius 2 is 1.82 bits per heavy atom. The van der Waals surface area contributed by atoms with Crippen LogP contribution < -0.4 is 10.2 Å². The molecule has 2 aliphatic heterocycles. The van der Waals surface area contributed by atoms with E-state index < -0.39 is 0 Å². The molecule has 1 aromatic carbocycles. The largest absolute Gasteiger partial charge is 0.371 e. The van der Waals surface area contributed by atoms with Gasteiger partial charge in [-0.3, -0.25) is 0 Å². The average molecular weight is 275 g/mol. The highest BCUT2D eigenvalue weighted by molar-refractivity contribution is 5.85. The van der Waals surface area contributed by atoms with Crippen molar-refractivity contribution < 1.29 is 0 Å². The molecule has 2 heterocycles. The summed E-state index contributed by atoms with van der Waals surface area (Å²) in [5, 5.41) is 3.50. The fraction of sp³-hybridized carbons (Fsp3) is 0.538. The van der Waals surface area contributed by atoms with Crippen LogP contribution in [-0.4, -0.2) is 26.2 Å². The van der Waals surface area contributed by atoms with E-state index >= 15 is 0 Å². The highest BCUT2D eigenvalue weighted by Crippen LogP contribution is 2.37. The number of hydrogen-bond acceptors (Lipinski definition) is 2. The van der Waals surface area contributed by atoms with Gasteiger partial charge < -0.3 is 10.2 Å². The van der Waals surface area contributed by atoms with Crippen molar-refractivity contribution in [3.05, 3.63) is 30.3 Å². The quantitative estimate of drug-likeness (QED) is 0.847. The third-order valence-corrected chi connectivity index (χ3v) is 3.89. The summed E-state index contributed by atoms with van der Waals surface area (Å²) < 4.78 is 0. The average Bonchev–Trinajstić information content (AvgIpc) is 2.91. The summed E-state index contributed by atoms with van der Waals surface area (Å²) in [7, 11) is 0. The van der Waals surface area contributed by atoms with Gasteiger partial charge >= 0.3 is 0 Å². The Hall–Kier alpha value is -0.440. The van der Waals surface area contributed by atoms with Crippen LogP contribution in [0, 0.1) is 5.41 Å². The maximum absolute atomic E-state index is 3.50. The van der Waals surface area contributed by atoms with Crippen molar-refractivity contribution in [2.24, 2.45) is 5.41 Å². The van der Waals surface area contributed by atoms with Gasteiger partial charge in [-0.05, 0) is 31.5 Å². The molecule has 1 unspecified atom stereocenters. The van der Waals surface area contributed by atoms with Crippen molar-refractivity contribution in [2.75, 3.05) is 31.1 Å². The van der Waals surface area contributed by atoms with E-state index in [1.807, 2.05) is 0 Å². The minimum atomic E-state index is 0. The number of anilines is 1. The Balaban J connectivity index is 0.000000722. The Morgan fingerprint density at radius 1 is 1.06 bits per heavy atom. The highest BCUT2D eigenvalue weighted by Gasteiger charge is 2.40. The second kappa shape index (κ2) is 5.94. The van der Waals surface area contributed by atoms with E-state index in [4.69, 9.17) is 0 Å². The van der Waals surface area contributed by atoms with Crippen LogP contribution in [0.1, 0.15) is 12.8 Å². The summed E-state index contributed by atoms with van der Waals surface area (Å²) in [6.45, 7) is 4.90. The molecule has 0 aliphatic carbocycles. The van der Waals surface area contributed by atoms with Crippen LogP contribution in [0.2, 0.25) is 0 Å². The molecule has 2 aliphatic rings. The van der Waals surface area contributed by atoms with Gasteiger partial charge in [0.1, 0.15) is 0 Å². The van der Waals surface area contributed by atoms with Gasteiger partial charge in [-0.1, -0.05) is 18.2 Å². The SMILES string of the molecule is Cl.Cl.c1ccc(N2CCC3(CCNC3)C2)cc1. The topological polar surface area (TPSA) is 15.3 Å². The maximum atomic E-state index is 3.50. The standard InChI is InChI=1S/C13H18N2.2ClH/c1-2-4-12(5-3-1)15-9-7-13(11-15)6-8-14-10-13;;/h1-5,14H,6-11H2;2*1H. The number of halogens is 2. The predicted octanol–water partition coefficient (Wildman–Crippen LogP) is 2.72. The maximum Gasteiger partial charge on any atom is 0.0366 e. The monoisotopic (exact) mass is 274 g/mol. The van der Waals surface area contributed by atoms with E-state index in [1.54, 1.807) is 0 Å². The third kappa shape index (κ3) is 2.87. The second-order valence-electron chi connectivity index (χ2n) is 4.93. The number of nitrogens with one attached hydrogen (secondary N) is 1. The number of hydrogen-bond donors (Lipinski definition) is 1. The van der Waals surface area contributed by atoms with Crippen molar-refractivity contribution in [2.45, 2.75) is 12.8 Å². The molecule has 0 bridgehead atoms. The van der Waals surface area contributed by atoms with Gasteiger partial charge in [-0.25, -0.2) is 0 Å². The summed E-state index contributed by atoms with van der Waals surface area (Å²) >= 11 is 0. The normalized spacial score (nSPS) is 26.7.